The number of carboxylic acids is 1. The topological polar surface area (TPSA) is 54.4 Å². The first kappa shape index (κ1) is 25.9. The van der Waals surface area contributed by atoms with Crippen LogP contribution in [0.4, 0.5) is 0 Å². The van der Waals surface area contributed by atoms with Gasteiger partial charge in [-0.25, -0.2) is 0 Å². The molecule has 0 aliphatic heterocycles. The minimum absolute atomic E-state index is 0.318. The number of rotatable bonds is 21. The molecule has 0 fully saturated rings. The lowest BCUT2D eigenvalue weighted by molar-refractivity contribution is -0.137. The van der Waals surface area contributed by atoms with Crippen LogP contribution < -0.4 is 0 Å². The molecule has 0 radical (unpaired) electrons. The smallest absolute Gasteiger partial charge is 0.303 e. The Hall–Kier alpha value is -1.12. The van der Waals surface area contributed by atoms with Crippen molar-refractivity contribution in [3.63, 3.8) is 0 Å². The van der Waals surface area contributed by atoms with Gasteiger partial charge in [0.25, 0.3) is 0 Å². The molecule has 0 unspecified atom stereocenters. The van der Waals surface area contributed by atoms with Gasteiger partial charge >= 0.3 is 5.97 Å². The highest BCUT2D eigenvalue weighted by atomic mass is 16.4. The Morgan fingerprint density at radius 2 is 1.07 bits per heavy atom. The van der Waals surface area contributed by atoms with Crippen LogP contribution >= 0.6 is 0 Å². The second kappa shape index (κ2) is 21.2. The van der Waals surface area contributed by atoms with E-state index in [1.807, 2.05) is 0 Å². The summed E-state index contributed by atoms with van der Waals surface area (Å²) in [5, 5.41) is 8.57. The van der Waals surface area contributed by atoms with Gasteiger partial charge in [-0.05, 0) is 32.1 Å². The van der Waals surface area contributed by atoms with Crippen LogP contribution in [0.25, 0.3) is 0 Å². The Morgan fingerprint density at radius 1 is 0.593 bits per heavy atom. The summed E-state index contributed by atoms with van der Waals surface area (Å²) in [6, 6.07) is 0. The number of unbranched alkanes of at least 4 members (excludes halogenated alkanes) is 13. The summed E-state index contributed by atoms with van der Waals surface area (Å²) in [5.41, 5.74) is 0. The Morgan fingerprint density at radius 3 is 1.59 bits per heavy atom. The molecule has 0 saturated heterocycles. The van der Waals surface area contributed by atoms with Crippen molar-refractivity contribution in [2.75, 3.05) is 0 Å². The molecule has 0 atom stereocenters. The van der Waals surface area contributed by atoms with Crippen LogP contribution in [-0.4, -0.2) is 16.9 Å². The van der Waals surface area contributed by atoms with Gasteiger partial charge in [0.1, 0.15) is 5.78 Å². The van der Waals surface area contributed by atoms with E-state index >= 15 is 0 Å². The molecule has 0 saturated carbocycles. The summed E-state index contributed by atoms with van der Waals surface area (Å²) >= 11 is 0. The molecule has 0 bridgehead atoms. The number of hydrogen-bond donors (Lipinski definition) is 1. The van der Waals surface area contributed by atoms with Crippen molar-refractivity contribution in [1.29, 1.82) is 0 Å². The van der Waals surface area contributed by atoms with Crippen LogP contribution in [0, 0.1) is 0 Å². The molecule has 0 rings (SSSR count). The number of carbonyl (C=O) groups is 2. The fourth-order valence-corrected chi connectivity index (χ4v) is 3.31. The predicted octanol–water partition coefficient (Wildman–Crippen LogP) is 7.63. The van der Waals surface area contributed by atoms with Crippen molar-refractivity contribution in [2.45, 2.75) is 129 Å². The quantitative estimate of drug-likeness (QED) is 0.164. The van der Waals surface area contributed by atoms with E-state index in [2.05, 4.69) is 19.1 Å². The molecule has 0 aromatic carbocycles. The van der Waals surface area contributed by atoms with E-state index in [4.69, 9.17) is 5.11 Å². The van der Waals surface area contributed by atoms with E-state index in [1.165, 1.54) is 70.6 Å². The molecule has 158 valence electrons. The average Bonchev–Trinajstić information content (AvgIpc) is 2.64. The zero-order valence-electron chi connectivity index (χ0n) is 17.9. The van der Waals surface area contributed by atoms with E-state index in [9.17, 15) is 9.59 Å². The number of Topliss-reactive ketones (excluding diaryl/α,β-unsaturated/α-hetero) is 1. The first-order chi connectivity index (χ1) is 13.2. The number of ketones is 1. The third kappa shape index (κ3) is 22.8. The van der Waals surface area contributed by atoms with Crippen LogP contribution in [0.3, 0.4) is 0 Å². The van der Waals surface area contributed by atoms with Crippen LogP contribution in [-0.2, 0) is 9.59 Å². The number of aliphatic carboxylic acids is 1. The van der Waals surface area contributed by atoms with E-state index < -0.39 is 5.97 Å². The fourth-order valence-electron chi connectivity index (χ4n) is 3.31. The molecule has 0 spiro atoms. The lowest BCUT2D eigenvalue weighted by Gasteiger charge is -2.03. The molecule has 0 aliphatic carbocycles. The van der Waals surface area contributed by atoms with E-state index in [1.54, 1.807) is 0 Å². The number of carboxylic acid groups (broad SMARTS) is 1. The lowest BCUT2D eigenvalue weighted by Crippen LogP contribution is -1.96. The van der Waals surface area contributed by atoms with Crippen LogP contribution in [0.1, 0.15) is 129 Å². The molecule has 3 nitrogen and oxygen atoms in total. The van der Waals surface area contributed by atoms with E-state index in [-0.39, 0.29) is 0 Å². The molecule has 0 aromatic heterocycles. The van der Waals surface area contributed by atoms with Crippen molar-refractivity contribution in [3.05, 3.63) is 12.2 Å². The largest absolute Gasteiger partial charge is 0.481 e. The summed E-state index contributed by atoms with van der Waals surface area (Å²) in [4.78, 5) is 22.2. The highest BCUT2D eigenvalue weighted by molar-refractivity contribution is 5.78. The van der Waals surface area contributed by atoms with Gasteiger partial charge in [0.15, 0.2) is 0 Å². The normalized spacial score (nSPS) is 11.3. The second-order valence-corrected chi connectivity index (χ2v) is 7.83. The average molecular weight is 381 g/mol. The zero-order valence-corrected chi connectivity index (χ0v) is 17.9. The maximum absolute atomic E-state index is 11.8. The summed E-state index contributed by atoms with van der Waals surface area (Å²) < 4.78 is 0. The molecule has 27 heavy (non-hydrogen) atoms. The van der Waals surface area contributed by atoms with Crippen LogP contribution in [0.2, 0.25) is 0 Å². The standard InChI is InChI=1S/C24H44O3/c1-2-3-4-5-11-14-17-20-23(25)21-18-15-12-9-7-6-8-10-13-16-19-22-24(26)27/h11,14H,2-10,12-13,15-22H2,1H3,(H,26,27). The van der Waals surface area contributed by atoms with Gasteiger partial charge in [0, 0.05) is 19.3 Å². The molecular weight excluding hydrogens is 336 g/mol. The fraction of sp³-hybridized carbons (Fsp3) is 0.833. The first-order valence-corrected chi connectivity index (χ1v) is 11.5. The molecule has 0 amide bonds. The van der Waals surface area contributed by atoms with E-state index in [0.717, 1.165) is 44.9 Å². The van der Waals surface area contributed by atoms with E-state index in [0.29, 0.717) is 12.2 Å². The molecule has 0 aliphatic rings. The lowest BCUT2D eigenvalue weighted by atomic mass is 10.0. The Bertz CT molecular complexity index is 374. The van der Waals surface area contributed by atoms with Crippen LogP contribution in [0.5, 0.6) is 0 Å². The Balaban J connectivity index is 3.21. The van der Waals surface area contributed by atoms with Gasteiger partial charge in [-0.1, -0.05) is 89.7 Å². The van der Waals surface area contributed by atoms with Crippen molar-refractivity contribution in [3.8, 4) is 0 Å². The van der Waals surface area contributed by atoms with Crippen molar-refractivity contribution in [1.82, 2.24) is 0 Å². The number of allylic oxidation sites excluding steroid dienone is 2. The molecule has 0 heterocycles. The van der Waals surface area contributed by atoms with Crippen LogP contribution in [0.15, 0.2) is 12.2 Å². The number of hydrogen-bond acceptors (Lipinski definition) is 2. The minimum atomic E-state index is -0.675. The molecule has 3 heteroatoms. The summed E-state index contributed by atoms with van der Waals surface area (Å²) in [6.07, 6.45) is 25.1. The van der Waals surface area contributed by atoms with Gasteiger partial charge in [0.2, 0.25) is 0 Å². The summed E-state index contributed by atoms with van der Waals surface area (Å²) in [7, 11) is 0. The molecular formula is C24H44O3. The SMILES string of the molecule is CCCCCC=CCCC(=O)CCCCCCCCCCCCCC(=O)O. The van der Waals surface area contributed by atoms with Crippen molar-refractivity contribution < 1.29 is 14.7 Å². The Kier molecular flexibility index (Phi) is 20.3. The third-order valence-electron chi connectivity index (χ3n) is 5.08. The van der Waals surface area contributed by atoms with Gasteiger partial charge in [0.05, 0.1) is 0 Å². The zero-order chi connectivity index (χ0) is 20.0. The third-order valence-corrected chi connectivity index (χ3v) is 5.08. The highest BCUT2D eigenvalue weighted by Gasteiger charge is 2.01. The van der Waals surface area contributed by atoms with Gasteiger partial charge in [-0.2, -0.15) is 0 Å². The number of carbonyl (C=O) groups excluding carboxylic acids is 1. The van der Waals surface area contributed by atoms with Crippen molar-refractivity contribution >= 4 is 11.8 Å². The summed E-state index contributed by atoms with van der Waals surface area (Å²) in [5.74, 6) is -0.248. The van der Waals surface area contributed by atoms with Gasteiger partial charge < -0.3 is 5.11 Å². The monoisotopic (exact) mass is 380 g/mol. The Labute approximate surface area is 168 Å². The molecule has 1 N–H and O–H groups in total. The maximum atomic E-state index is 11.8. The predicted molar refractivity (Wildman–Crippen MR) is 115 cm³/mol. The minimum Gasteiger partial charge on any atom is -0.481 e. The highest BCUT2D eigenvalue weighted by Crippen LogP contribution is 2.13. The van der Waals surface area contributed by atoms with Gasteiger partial charge in [-0.15, -0.1) is 0 Å². The second-order valence-electron chi connectivity index (χ2n) is 7.83. The summed E-state index contributed by atoms with van der Waals surface area (Å²) in [6.45, 7) is 2.22. The maximum Gasteiger partial charge on any atom is 0.303 e. The first-order valence-electron chi connectivity index (χ1n) is 11.5. The van der Waals surface area contributed by atoms with Crippen molar-refractivity contribution in [2.24, 2.45) is 0 Å². The van der Waals surface area contributed by atoms with Gasteiger partial charge in [-0.3, -0.25) is 9.59 Å². The molecule has 0 aromatic rings.